The van der Waals surface area contributed by atoms with Crippen LogP contribution < -0.4 is 21.3 Å². The Morgan fingerprint density at radius 3 is 2.52 bits per heavy atom. The average Bonchev–Trinajstić information content (AvgIpc) is 3.35. The summed E-state index contributed by atoms with van der Waals surface area (Å²) < 4.78 is 13.0. The molecule has 2 fully saturated rings. The van der Waals surface area contributed by atoms with Gasteiger partial charge in [-0.2, -0.15) is 11.8 Å². The van der Waals surface area contributed by atoms with Crippen molar-refractivity contribution in [2.75, 3.05) is 37.7 Å². The molecule has 11 heteroatoms. The van der Waals surface area contributed by atoms with Gasteiger partial charge in [0, 0.05) is 31.3 Å². The van der Waals surface area contributed by atoms with Crippen LogP contribution in [0.3, 0.4) is 0 Å². The smallest absolute Gasteiger partial charge is 0.330 e. The SMILES string of the molecule is CC(C)(C)CCSCC(=O)NCCCOc1cccc(CN2CCCCC2)c1.Cc1cn(C2CC(O)C(CC(C)(C)C)O2)c(=O)[nH]c1=O. The van der Waals surface area contributed by atoms with E-state index in [1.54, 1.807) is 18.7 Å². The number of rotatable bonds is 13. The summed E-state index contributed by atoms with van der Waals surface area (Å²) in [5, 5.41) is 13.1. The minimum absolute atomic E-state index is 0.0341. The highest BCUT2D eigenvalue weighted by molar-refractivity contribution is 7.99. The number of nitrogens with zero attached hydrogens (tertiary/aromatic N) is 2. The quantitative estimate of drug-likeness (QED) is 0.231. The molecule has 3 unspecified atom stereocenters. The summed E-state index contributed by atoms with van der Waals surface area (Å²) in [6.45, 7) is 19.3. The van der Waals surface area contributed by atoms with Gasteiger partial charge in [-0.3, -0.25) is 24.0 Å². The standard InChI is InChI=1S/C23H38N2O2S.C14H22N2O4/c1-23(2,3)11-16-28-19-22(26)24-12-8-15-27-21-10-7-9-20(17-21)18-25-13-5-4-6-14-25;1-8-7-16(13(19)15-12(8)18)11-5-9(17)10(20-11)6-14(2,3)4/h7,9-10,17H,4-6,8,11-16,18-19H2,1-3H3,(H,24,26);7,9-11,17H,5-6H2,1-4H3,(H,15,18,19). The number of nitrogens with one attached hydrogen (secondary N) is 2. The minimum atomic E-state index is -0.599. The van der Waals surface area contributed by atoms with E-state index in [9.17, 15) is 19.5 Å². The summed E-state index contributed by atoms with van der Waals surface area (Å²) in [6.07, 6.45) is 7.09. The highest BCUT2D eigenvalue weighted by atomic mass is 32.2. The number of aromatic amines is 1. The lowest BCUT2D eigenvalue weighted by molar-refractivity contribution is -0.118. The zero-order valence-corrected chi connectivity index (χ0v) is 31.1. The molecule has 48 heavy (non-hydrogen) atoms. The zero-order valence-electron chi connectivity index (χ0n) is 30.3. The van der Waals surface area contributed by atoms with Crippen molar-refractivity contribution in [2.45, 2.75) is 118 Å². The zero-order chi connectivity index (χ0) is 35.3. The molecule has 4 rings (SSSR count). The van der Waals surface area contributed by atoms with Crippen molar-refractivity contribution in [1.82, 2.24) is 19.8 Å². The van der Waals surface area contributed by atoms with Crippen molar-refractivity contribution in [3.8, 4) is 5.75 Å². The lowest BCUT2D eigenvalue weighted by Gasteiger charge is -2.26. The maximum atomic E-state index is 11.9. The van der Waals surface area contributed by atoms with E-state index >= 15 is 0 Å². The normalized spacial score (nSPS) is 20.2. The van der Waals surface area contributed by atoms with Gasteiger partial charge >= 0.3 is 5.69 Å². The molecule has 3 atom stereocenters. The summed E-state index contributed by atoms with van der Waals surface area (Å²) in [5.74, 6) is 2.64. The second-order valence-electron chi connectivity index (χ2n) is 15.6. The highest BCUT2D eigenvalue weighted by Crippen LogP contribution is 2.34. The number of thioether (sulfide) groups is 1. The van der Waals surface area contributed by atoms with Crippen molar-refractivity contribution in [3.63, 3.8) is 0 Å². The average molecular weight is 689 g/mol. The van der Waals surface area contributed by atoms with Crippen LogP contribution in [0.5, 0.6) is 5.75 Å². The van der Waals surface area contributed by atoms with E-state index in [0.29, 0.717) is 42.7 Å². The Morgan fingerprint density at radius 2 is 1.83 bits per heavy atom. The lowest BCUT2D eigenvalue weighted by atomic mass is 9.87. The van der Waals surface area contributed by atoms with E-state index in [1.807, 2.05) is 6.07 Å². The van der Waals surface area contributed by atoms with E-state index in [1.165, 1.54) is 48.7 Å². The Morgan fingerprint density at radius 1 is 1.10 bits per heavy atom. The number of amides is 1. The number of hydrogen-bond acceptors (Lipinski definition) is 8. The number of likely N-dealkylation sites (tertiary alicyclic amines) is 1. The third-order valence-electron chi connectivity index (χ3n) is 8.37. The van der Waals surface area contributed by atoms with Crippen LogP contribution in [0.2, 0.25) is 0 Å². The Hall–Kier alpha value is -2.60. The number of carbonyl (C=O) groups excluding carboxylic acids is 1. The predicted octanol–water partition coefficient (Wildman–Crippen LogP) is 5.66. The number of aryl methyl sites for hydroxylation is 1. The van der Waals surface area contributed by atoms with Crippen LogP contribution in [0.1, 0.15) is 104 Å². The first kappa shape index (κ1) is 39.8. The van der Waals surface area contributed by atoms with Gasteiger partial charge in [-0.05, 0) is 86.4 Å². The number of piperidine rings is 1. The van der Waals surface area contributed by atoms with E-state index in [-0.39, 0.29) is 17.4 Å². The molecule has 1 amide bonds. The van der Waals surface area contributed by atoms with Crippen molar-refractivity contribution < 1.29 is 19.4 Å². The largest absolute Gasteiger partial charge is 0.494 e. The van der Waals surface area contributed by atoms with Crippen LogP contribution in [0.4, 0.5) is 0 Å². The number of ether oxygens (including phenoxy) is 2. The number of benzene rings is 1. The van der Waals surface area contributed by atoms with E-state index in [0.717, 1.165) is 30.9 Å². The van der Waals surface area contributed by atoms with Crippen LogP contribution >= 0.6 is 11.8 Å². The Kier molecular flexibility index (Phi) is 15.7. The molecule has 2 aliphatic heterocycles. The lowest BCUT2D eigenvalue weighted by Crippen LogP contribution is -2.33. The number of aliphatic hydroxyl groups is 1. The molecule has 2 aromatic rings. The van der Waals surface area contributed by atoms with E-state index in [2.05, 4.69) is 74.9 Å². The molecule has 0 saturated carbocycles. The second kappa shape index (κ2) is 19.0. The third kappa shape index (κ3) is 14.9. The molecule has 3 heterocycles. The van der Waals surface area contributed by atoms with Crippen LogP contribution in [-0.2, 0) is 16.1 Å². The van der Waals surface area contributed by atoms with Gasteiger partial charge in [0.2, 0.25) is 5.91 Å². The molecule has 1 aromatic heterocycles. The molecular formula is C37H60N4O6S. The van der Waals surface area contributed by atoms with Gasteiger partial charge in [-0.25, -0.2) is 4.79 Å². The van der Waals surface area contributed by atoms with Crippen molar-refractivity contribution in [3.05, 3.63) is 62.4 Å². The summed E-state index contributed by atoms with van der Waals surface area (Å²) in [7, 11) is 0. The Balaban J connectivity index is 0.000000275. The van der Waals surface area contributed by atoms with Gasteiger partial charge < -0.3 is 19.9 Å². The fourth-order valence-electron chi connectivity index (χ4n) is 5.67. The molecule has 2 aliphatic rings. The summed E-state index contributed by atoms with van der Waals surface area (Å²) >= 11 is 1.72. The Bertz CT molecular complexity index is 1390. The first-order valence-corrected chi connectivity index (χ1v) is 18.7. The van der Waals surface area contributed by atoms with Crippen LogP contribution in [0, 0.1) is 17.8 Å². The highest BCUT2D eigenvalue weighted by Gasteiger charge is 2.37. The molecule has 1 aromatic carbocycles. The molecule has 270 valence electrons. The van der Waals surface area contributed by atoms with Crippen LogP contribution in [0.25, 0.3) is 0 Å². The van der Waals surface area contributed by atoms with Gasteiger partial charge in [0.05, 0.1) is 24.6 Å². The van der Waals surface area contributed by atoms with E-state index < -0.39 is 23.6 Å². The van der Waals surface area contributed by atoms with Gasteiger partial charge in [0.15, 0.2) is 0 Å². The number of aromatic nitrogens is 2. The van der Waals surface area contributed by atoms with Crippen molar-refractivity contribution in [2.24, 2.45) is 10.8 Å². The maximum absolute atomic E-state index is 11.9. The number of H-pyrrole nitrogens is 1. The van der Waals surface area contributed by atoms with Gasteiger partial charge in [-0.1, -0.05) is 60.1 Å². The van der Waals surface area contributed by atoms with Crippen molar-refractivity contribution >= 4 is 17.7 Å². The molecule has 0 bridgehead atoms. The first-order chi connectivity index (χ1) is 22.6. The number of aliphatic hydroxyl groups excluding tert-OH is 1. The number of hydrogen-bond donors (Lipinski definition) is 3. The minimum Gasteiger partial charge on any atom is -0.494 e. The van der Waals surface area contributed by atoms with Crippen molar-refractivity contribution in [1.29, 1.82) is 0 Å². The monoisotopic (exact) mass is 688 g/mol. The molecule has 2 saturated heterocycles. The molecule has 0 aliphatic carbocycles. The van der Waals surface area contributed by atoms with Crippen LogP contribution in [-0.4, -0.2) is 75.4 Å². The van der Waals surface area contributed by atoms with Gasteiger partial charge in [0.1, 0.15) is 12.0 Å². The second-order valence-corrected chi connectivity index (χ2v) is 16.7. The fraction of sp³-hybridized carbons (Fsp3) is 0.703. The first-order valence-electron chi connectivity index (χ1n) is 17.5. The maximum Gasteiger partial charge on any atom is 0.330 e. The third-order valence-corrected chi connectivity index (χ3v) is 9.33. The summed E-state index contributed by atoms with van der Waals surface area (Å²) in [6, 6.07) is 8.42. The molecule has 0 radical (unpaired) electrons. The Labute approximate surface area is 291 Å². The summed E-state index contributed by atoms with van der Waals surface area (Å²) in [5.41, 5.74) is 1.24. The fourth-order valence-corrected chi connectivity index (χ4v) is 6.86. The van der Waals surface area contributed by atoms with Crippen LogP contribution in [0.15, 0.2) is 40.1 Å². The predicted molar refractivity (Wildman–Crippen MR) is 195 cm³/mol. The van der Waals surface area contributed by atoms with Gasteiger partial charge in [0.25, 0.3) is 5.56 Å². The topological polar surface area (TPSA) is 126 Å². The molecule has 0 spiro atoms. The molecule has 3 N–H and O–H groups in total. The molecular weight excluding hydrogens is 628 g/mol. The molecule has 10 nitrogen and oxygen atoms in total. The van der Waals surface area contributed by atoms with Gasteiger partial charge in [-0.15, -0.1) is 0 Å². The number of carbonyl (C=O) groups is 1. The summed E-state index contributed by atoms with van der Waals surface area (Å²) in [4.78, 5) is 39.8. The van der Waals surface area contributed by atoms with E-state index in [4.69, 9.17) is 9.47 Å².